The van der Waals surface area contributed by atoms with Gasteiger partial charge in [-0.3, -0.25) is 9.59 Å². The second kappa shape index (κ2) is 9.12. The first kappa shape index (κ1) is 22.0. The Kier molecular flexibility index (Phi) is 6.08. The highest BCUT2D eigenvalue weighted by Gasteiger charge is 2.37. The molecule has 1 aliphatic rings. The third-order valence-electron chi connectivity index (χ3n) is 5.44. The number of hydrogen-bond donors (Lipinski definition) is 4. The van der Waals surface area contributed by atoms with Crippen molar-refractivity contribution in [2.45, 2.75) is 33.6 Å². The molecule has 4 N–H and O–H groups in total. The van der Waals surface area contributed by atoms with Crippen LogP contribution in [0.5, 0.6) is 0 Å². The van der Waals surface area contributed by atoms with Crippen LogP contribution in [0.2, 0.25) is 0 Å². The van der Waals surface area contributed by atoms with Crippen molar-refractivity contribution in [3.8, 4) is 0 Å². The number of nitrogens with zero attached hydrogens (tertiary/aromatic N) is 2. The minimum Gasteiger partial charge on any atom is -0.364 e. The molecule has 3 aromatic rings. The maximum absolute atomic E-state index is 13.4. The van der Waals surface area contributed by atoms with Gasteiger partial charge in [-0.2, -0.15) is 0 Å². The first-order valence-electron chi connectivity index (χ1n) is 10.7. The van der Waals surface area contributed by atoms with Crippen molar-refractivity contribution in [2.75, 3.05) is 10.6 Å². The van der Waals surface area contributed by atoms with E-state index >= 15 is 0 Å². The van der Waals surface area contributed by atoms with Gasteiger partial charge in [0.2, 0.25) is 0 Å². The molecule has 8 nitrogen and oxygen atoms in total. The van der Waals surface area contributed by atoms with E-state index < -0.39 is 5.92 Å². The molecule has 168 valence electrons. The lowest BCUT2D eigenvalue weighted by molar-refractivity contribution is -0.113. The molecule has 0 saturated heterocycles. The van der Waals surface area contributed by atoms with Crippen molar-refractivity contribution in [3.63, 3.8) is 0 Å². The first-order valence-corrected chi connectivity index (χ1v) is 10.7. The second-order valence-corrected chi connectivity index (χ2v) is 8.00. The molecular formula is C25H26N6O2. The van der Waals surface area contributed by atoms with E-state index in [1.165, 1.54) is 0 Å². The number of aromatic amines is 1. The lowest BCUT2D eigenvalue weighted by Crippen LogP contribution is -2.35. The molecule has 0 bridgehead atoms. The van der Waals surface area contributed by atoms with E-state index in [0.717, 1.165) is 17.1 Å². The van der Waals surface area contributed by atoms with Gasteiger partial charge in [-0.05, 0) is 64.1 Å². The third kappa shape index (κ3) is 4.69. The van der Waals surface area contributed by atoms with Crippen LogP contribution in [0.25, 0.3) is 0 Å². The zero-order chi connectivity index (χ0) is 23.5. The monoisotopic (exact) mass is 442 g/mol. The Morgan fingerprint density at radius 3 is 1.70 bits per heavy atom. The zero-order valence-electron chi connectivity index (χ0n) is 19.0. The van der Waals surface area contributed by atoms with Gasteiger partial charge in [0.25, 0.3) is 11.8 Å². The quantitative estimate of drug-likeness (QED) is 0.478. The Bertz CT molecular complexity index is 1190. The lowest BCUT2D eigenvalue weighted by atomic mass is 9.82. The van der Waals surface area contributed by atoms with Crippen molar-refractivity contribution in [3.05, 3.63) is 94.3 Å². The van der Waals surface area contributed by atoms with Crippen molar-refractivity contribution >= 4 is 23.5 Å². The average molecular weight is 443 g/mol. The molecule has 33 heavy (non-hydrogen) atoms. The van der Waals surface area contributed by atoms with Crippen LogP contribution in [-0.2, 0) is 9.59 Å². The zero-order valence-corrected chi connectivity index (χ0v) is 19.0. The summed E-state index contributed by atoms with van der Waals surface area (Å²) in [6.45, 7) is 7.37. The maximum atomic E-state index is 13.4. The molecular weight excluding hydrogens is 416 g/mol. The van der Waals surface area contributed by atoms with Gasteiger partial charge in [0.05, 0.1) is 5.92 Å². The fraction of sp³-hybridized carbons (Fsp3) is 0.200. The standard InChI is InChI=1S/C25H26N6O2/c1-14-8-5-11-19(27-14)30-24(32)21-16(3)29-17(4)22(23(21)18-10-7-13-26-18)25(33)31-20-12-6-9-15(2)28-20/h5-13,23,26,29H,1-4H3,(H,27,30,32)(H,28,31,33). The number of allylic oxidation sites excluding steroid dienone is 2. The van der Waals surface area contributed by atoms with Gasteiger partial charge in [-0.15, -0.1) is 0 Å². The number of dihydropyridines is 1. The molecule has 4 rings (SSSR count). The van der Waals surface area contributed by atoms with E-state index in [0.29, 0.717) is 34.2 Å². The number of aryl methyl sites for hydroxylation is 2. The molecule has 0 atom stereocenters. The maximum Gasteiger partial charge on any atom is 0.255 e. The number of H-pyrrole nitrogens is 1. The summed E-state index contributed by atoms with van der Waals surface area (Å²) in [7, 11) is 0. The van der Waals surface area contributed by atoms with Crippen molar-refractivity contribution in [2.24, 2.45) is 0 Å². The Morgan fingerprint density at radius 2 is 1.27 bits per heavy atom. The Morgan fingerprint density at radius 1 is 0.758 bits per heavy atom. The fourth-order valence-corrected chi connectivity index (χ4v) is 4.02. The fourth-order valence-electron chi connectivity index (χ4n) is 4.02. The number of carbonyl (C=O) groups excluding carboxylic acids is 2. The van der Waals surface area contributed by atoms with E-state index in [9.17, 15) is 9.59 Å². The minimum absolute atomic E-state index is 0.329. The van der Waals surface area contributed by atoms with Crippen LogP contribution in [0.3, 0.4) is 0 Å². The summed E-state index contributed by atoms with van der Waals surface area (Å²) < 4.78 is 0. The molecule has 3 aromatic heterocycles. The number of pyridine rings is 2. The van der Waals surface area contributed by atoms with E-state index in [-0.39, 0.29) is 11.8 Å². The molecule has 8 heteroatoms. The second-order valence-electron chi connectivity index (χ2n) is 8.00. The highest BCUT2D eigenvalue weighted by atomic mass is 16.2. The van der Waals surface area contributed by atoms with Gasteiger partial charge >= 0.3 is 0 Å². The van der Waals surface area contributed by atoms with Crippen molar-refractivity contribution < 1.29 is 9.59 Å². The predicted molar refractivity (Wildman–Crippen MR) is 127 cm³/mol. The first-order chi connectivity index (χ1) is 15.8. The molecule has 0 saturated carbocycles. The van der Waals surface area contributed by atoms with Crippen LogP contribution >= 0.6 is 0 Å². The number of aromatic nitrogens is 3. The van der Waals surface area contributed by atoms with E-state index in [1.807, 2.05) is 64.1 Å². The van der Waals surface area contributed by atoms with Gasteiger partial charge in [-0.25, -0.2) is 9.97 Å². The summed E-state index contributed by atoms with van der Waals surface area (Å²) >= 11 is 0. The minimum atomic E-state index is -0.601. The molecule has 0 aromatic carbocycles. The van der Waals surface area contributed by atoms with Crippen molar-refractivity contribution in [1.82, 2.24) is 20.3 Å². The van der Waals surface area contributed by atoms with Crippen LogP contribution in [0.4, 0.5) is 11.6 Å². The SMILES string of the molecule is CC1=C(C(=O)Nc2cccc(C)n2)C(c2ccc[nH]2)C(C(=O)Nc2cccc(C)n2)=C(C)N1. The van der Waals surface area contributed by atoms with Crippen molar-refractivity contribution in [1.29, 1.82) is 0 Å². The Labute approximate surface area is 192 Å². The average Bonchev–Trinajstić information content (AvgIpc) is 3.27. The van der Waals surface area contributed by atoms with Gasteiger partial charge < -0.3 is 20.9 Å². The Balaban J connectivity index is 1.71. The topological polar surface area (TPSA) is 112 Å². The molecule has 0 unspecified atom stereocenters. The van der Waals surface area contributed by atoms with Gasteiger partial charge in [-0.1, -0.05) is 12.1 Å². The summed E-state index contributed by atoms with van der Waals surface area (Å²) in [5, 5.41) is 8.97. The Hall–Kier alpha value is -4.20. The third-order valence-corrected chi connectivity index (χ3v) is 5.44. The highest BCUT2D eigenvalue weighted by Crippen LogP contribution is 2.38. The summed E-state index contributed by atoms with van der Waals surface area (Å²) in [5.74, 6) is -0.359. The van der Waals surface area contributed by atoms with E-state index in [2.05, 4.69) is 30.9 Å². The lowest BCUT2D eigenvalue weighted by Gasteiger charge is -2.30. The molecule has 0 fully saturated rings. The smallest absolute Gasteiger partial charge is 0.255 e. The molecule has 0 aliphatic carbocycles. The predicted octanol–water partition coefficient (Wildman–Crippen LogP) is 3.93. The largest absolute Gasteiger partial charge is 0.364 e. The van der Waals surface area contributed by atoms with Gasteiger partial charge in [0.1, 0.15) is 11.6 Å². The van der Waals surface area contributed by atoms with E-state index in [4.69, 9.17) is 0 Å². The van der Waals surface area contributed by atoms with Gasteiger partial charge in [0, 0.05) is 45.8 Å². The number of anilines is 2. The molecule has 4 heterocycles. The number of carbonyl (C=O) groups is 2. The number of rotatable bonds is 5. The highest BCUT2D eigenvalue weighted by molar-refractivity contribution is 6.11. The summed E-state index contributed by atoms with van der Waals surface area (Å²) in [6, 6.07) is 14.6. The van der Waals surface area contributed by atoms with Crippen LogP contribution in [0.1, 0.15) is 36.8 Å². The van der Waals surface area contributed by atoms with Crippen LogP contribution in [0.15, 0.2) is 77.3 Å². The molecule has 0 radical (unpaired) electrons. The molecule has 0 spiro atoms. The summed E-state index contributed by atoms with van der Waals surface area (Å²) in [5.41, 5.74) is 4.54. The number of nitrogens with one attached hydrogen (secondary N) is 4. The normalized spacial score (nSPS) is 14.2. The number of hydrogen-bond acceptors (Lipinski definition) is 5. The number of amides is 2. The van der Waals surface area contributed by atoms with E-state index in [1.54, 1.807) is 18.3 Å². The van der Waals surface area contributed by atoms with Crippen LogP contribution < -0.4 is 16.0 Å². The van der Waals surface area contributed by atoms with Crippen LogP contribution in [-0.4, -0.2) is 26.8 Å². The summed E-state index contributed by atoms with van der Waals surface area (Å²) in [6.07, 6.45) is 1.78. The van der Waals surface area contributed by atoms with Crippen LogP contribution in [0, 0.1) is 13.8 Å². The van der Waals surface area contributed by atoms with Gasteiger partial charge in [0.15, 0.2) is 0 Å². The summed E-state index contributed by atoms with van der Waals surface area (Å²) in [4.78, 5) is 38.8. The molecule has 1 aliphatic heterocycles. The molecule has 2 amide bonds.